The van der Waals surface area contributed by atoms with Crippen LogP contribution in [0.5, 0.6) is 0 Å². The summed E-state index contributed by atoms with van der Waals surface area (Å²) in [6.07, 6.45) is 2.29. The van der Waals surface area contributed by atoms with Crippen molar-refractivity contribution in [1.29, 1.82) is 0 Å². The monoisotopic (exact) mass is 393 g/mol. The molecular weight excluding hydrogens is 366 g/mol. The number of amides is 1. The zero-order valence-corrected chi connectivity index (χ0v) is 17.5. The molecule has 1 heterocycles. The van der Waals surface area contributed by atoms with Gasteiger partial charge in [-0.05, 0) is 57.9 Å². The summed E-state index contributed by atoms with van der Waals surface area (Å²) in [5, 5.41) is 0.0702. The van der Waals surface area contributed by atoms with E-state index in [2.05, 4.69) is 24.0 Å². The van der Waals surface area contributed by atoms with Crippen molar-refractivity contribution in [3.8, 4) is 11.8 Å². The van der Waals surface area contributed by atoms with E-state index in [4.69, 9.17) is 4.74 Å². The summed E-state index contributed by atoms with van der Waals surface area (Å²) in [6, 6.07) is 20.3. The van der Waals surface area contributed by atoms with Crippen molar-refractivity contribution in [2.24, 2.45) is 0 Å². The number of carbonyl (C=O) groups is 1. The van der Waals surface area contributed by atoms with Crippen molar-refractivity contribution in [2.75, 3.05) is 0 Å². The molecule has 0 bridgehead atoms. The van der Waals surface area contributed by atoms with Crippen LogP contribution in [0.3, 0.4) is 0 Å². The molecule has 3 nitrogen and oxygen atoms in total. The third-order valence-electron chi connectivity index (χ3n) is 4.41. The van der Waals surface area contributed by atoms with Crippen molar-refractivity contribution in [3.63, 3.8) is 0 Å². The topological polar surface area (TPSA) is 29.5 Å². The fourth-order valence-corrected chi connectivity index (χ4v) is 4.45. The molecule has 0 aliphatic carbocycles. The zero-order valence-electron chi connectivity index (χ0n) is 16.7. The van der Waals surface area contributed by atoms with Gasteiger partial charge in [0.1, 0.15) is 5.60 Å². The largest absolute Gasteiger partial charge is 0.444 e. The molecule has 1 saturated heterocycles. The van der Waals surface area contributed by atoms with Gasteiger partial charge in [0.15, 0.2) is 0 Å². The predicted molar refractivity (Wildman–Crippen MR) is 115 cm³/mol. The first-order chi connectivity index (χ1) is 13.4. The molecular formula is C24H27NO2S. The van der Waals surface area contributed by atoms with E-state index >= 15 is 0 Å². The molecule has 1 unspecified atom stereocenters. The van der Waals surface area contributed by atoms with E-state index in [0.29, 0.717) is 6.42 Å². The first kappa shape index (κ1) is 20.4. The summed E-state index contributed by atoms with van der Waals surface area (Å²) in [7, 11) is 0. The molecule has 2 atom stereocenters. The van der Waals surface area contributed by atoms with Crippen LogP contribution in [-0.4, -0.2) is 28.0 Å². The zero-order chi connectivity index (χ0) is 20.0. The van der Waals surface area contributed by atoms with Gasteiger partial charge >= 0.3 is 6.09 Å². The Morgan fingerprint density at radius 1 is 1.07 bits per heavy atom. The lowest BCUT2D eigenvalue weighted by Gasteiger charge is -2.31. The van der Waals surface area contributed by atoms with Crippen LogP contribution in [0.15, 0.2) is 65.6 Å². The van der Waals surface area contributed by atoms with Crippen molar-refractivity contribution in [3.05, 3.63) is 66.2 Å². The van der Waals surface area contributed by atoms with Gasteiger partial charge in [0.05, 0.1) is 5.37 Å². The van der Waals surface area contributed by atoms with Crippen molar-refractivity contribution in [1.82, 2.24) is 4.90 Å². The molecule has 0 saturated carbocycles. The Kier molecular flexibility index (Phi) is 6.70. The summed E-state index contributed by atoms with van der Waals surface area (Å²) in [6.45, 7) is 5.72. The molecule has 28 heavy (non-hydrogen) atoms. The van der Waals surface area contributed by atoms with Gasteiger partial charge in [-0.2, -0.15) is 0 Å². The Bertz CT molecular complexity index is 834. The minimum Gasteiger partial charge on any atom is -0.444 e. The third kappa shape index (κ3) is 5.81. The average Bonchev–Trinajstić information content (AvgIpc) is 3.05. The third-order valence-corrected chi connectivity index (χ3v) is 5.69. The summed E-state index contributed by atoms with van der Waals surface area (Å²) in [5.74, 6) is 6.48. The molecule has 0 spiro atoms. The van der Waals surface area contributed by atoms with Gasteiger partial charge in [-0.3, -0.25) is 4.90 Å². The van der Waals surface area contributed by atoms with Gasteiger partial charge in [-0.25, -0.2) is 4.79 Å². The highest BCUT2D eigenvalue weighted by Crippen LogP contribution is 2.38. The predicted octanol–water partition coefficient (Wildman–Crippen LogP) is 5.95. The maximum atomic E-state index is 12.9. The molecule has 1 aliphatic rings. The van der Waals surface area contributed by atoms with Gasteiger partial charge < -0.3 is 4.74 Å². The minimum atomic E-state index is -0.512. The number of nitrogens with zero attached hydrogens (tertiary/aromatic N) is 1. The molecule has 2 aromatic carbocycles. The first-order valence-electron chi connectivity index (χ1n) is 9.69. The number of benzene rings is 2. The minimum absolute atomic E-state index is 0.0702. The highest BCUT2D eigenvalue weighted by molar-refractivity contribution is 7.99. The van der Waals surface area contributed by atoms with Crippen LogP contribution in [0.25, 0.3) is 0 Å². The van der Waals surface area contributed by atoms with E-state index in [1.54, 1.807) is 11.8 Å². The smallest absolute Gasteiger partial charge is 0.411 e. The maximum absolute atomic E-state index is 12.9. The second kappa shape index (κ2) is 9.21. The Labute approximate surface area is 172 Å². The molecule has 1 amide bonds. The van der Waals surface area contributed by atoms with E-state index in [1.807, 2.05) is 74.2 Å². The standard InChI is InChI=1S/C24H27NO2S/c1-24(2,3)27-23(26)25-20(14-10-13-19-11-6-4-7-12-19)17-18-22(25)28-21-15-8-5-9-16-21/h4-9,11-12,15-16,20,22H,14,17-18H2,1-3H3/t20-,22?/m1/s1. The van der Waals surface area contributed by atoms with E-state index in [1.165, 1.54) is 0 Å². The van der Waals surface area contributed by atoms with E-state index in [-0.39, 0.29) is 17.5 Å². The van der Waals surface area contributed by atoms with Gasteiger partial charge in [0.2, 0.25) is 0 Å². The van der Waals surface area contributed by atoms with Crippen molar-refractivity contribution in [2.45, 2.75) is 61.9 Å². The molecule has 0 radical (unpaired) electrons. The van der Waals surface area contributed by atoms with Gasteiger partial charge in [0.25, 0.3) is 0 Å². The number of ether oxygens (including phenoxy) is 1. The van der Waals surface area contributed by atoms with Gasteiger partial charge in [-0.1, -0.05) is 48.2 Å². The molecule has 1 fully saturated rings. The number of carbonyl (C=O) groups excluding carboxylic acids is 1. The molecule has 4 heteroatoms. The lowest BCUT2D eigenvalue weighted by molar-refractivity contribution is 0.0209. The number of hydrogen-bond acceptors (Lipinski definition) is 3. The molecule has 2 aromatic rings. The second-order valence-electron chi connectivity index (χ2n) is 7.88. The second-order valence-corrected chi connectivity index (χ2v) is 9.13. The SMILES string of the molecule is CC(C)(C)OC(=O)N1C(Sc2ccccc2)CC[C@H]1CC#Cc1ccccc1. The number of rotatable bonds is 3. The summed E-state index contributed by atoms with van der Waals surface area (Å²) >= 11 is 1.72. The van der Waals surface area contributed by atoms with Crippen LogP contribution in [0.4, 0.5) is 4.79 Å². The van der Waals surface area contributed by atoms with E-state index in [0.717, 1.165) is 23.3 Å². The van der Waals surface area contributed by atoms with Crippen molar-refractivity contribution >= 4 is 17.9 Å². The summed E-state index contributed by atoms with van der Waals surface area (Å²) in [4.78, 5) is 16.0. The lowest BCUT2D eigenvalue weighted by Crippen LogP contribution is -2.43. The van der Waals surface area contributed by atoms with Crippen LogP contribution < -0.4 is 0 Å². The highest BCUT2D eigenvalue weighted by Gasteiger charge is 2.39. The Hall–Kier alpha value is -2.38. The average molecular weight is 394 g/mol. The van der Waals surface area contributed by atoms with Crippen LogP contribution in [-0.2, 0) is 4.74 Å². The fraction of sp³-hybridized carbons (Fsp3) is 0.375. The molecule has 0 N–H and O–H groups in total. The Morgan fingerprint density at radius 2 is 1.71 bits per heavy atom. The van der Waals surface area contributed by atoms with Gasteiger partial charge in [-0.15, -0.1) is 11.8 Å². The van der Waals surface area contributed by atoms with E-state index < -0.39 is 5.60 Å². The van der Waals surface area contributed by atoms with Crippen molar-refractivity contribution < 1.29 is 9.53 Å². The normalized spacial score (nSPS) is 19.0. The van der Waals surface area contributed by atoms with Crippen LogP contribution in [0.1, 0.15) is 45.6 Å². The number of thioether (sulfide) groups is 1. The van der Waals surface area contributed by atoms with Gasteiger partial charge in [0, 0.05) is 22.9 Å². The first-order valence-corrected chi connectivity index (χ1v) is 10.6. The quantitative estimate of drug-likeness (QED) is 0.604. The van der Waals surface area contributed by atoms with Crippen LogP contribution >= 0.6 is 11.8 Å². The Balaban J connectivity index is 1.74. The Morgan fingerprint density at radius 3 is 2.36 bits per heavy atom. The summed E-state index contributed by atoms with van der Waals surface area (Å²) in [5.41, 5.74) is 0.488. The molecule has 0 aromatic heterocycles. The van der Waals surface area contributed by atoms with Crippen LogP contribution in [0, 0.1) is 11.8 Å². The molecule has 3 rings (SSSR count). The molecule has 146 valence electrons. The summed E-state index contributed by atoms with van der Waals surface area (Å²) < 4.78 is 5.71. The number of likely N-dealkylation sites (tertiary alicyclic amines) is 1. The maximum Gasteiger partial charge on any atom is 0.411 e. The number of hydrogen-bond donors (Lipinski definition) is 0. The lowest BCUT2D eigenvalue weighted by atomic mass is 10.1. The fourth-order valence-electron chi connectivity index (χ4n) is 3.19. The van der Waals surface area contributed by atoms with Crippen LogP contribution in [0.2, 0.25) is 0 Å². The van der Waals surface area contributed by atoms with E-state index in [9.17, 15) is 4.79 Å². The highest BCUT2D eigenvalue weighted by atomic mass is 32.2. The molecule has 1 aliphatic heterocycles.